The number of rotatable bonds is 5. The summed E-state index contributed by atoms with van der Waals surface area (Å²) in [6.07, 6.45) is 0. The van der Waals surface area contributed by atoms with Crippen LogP contribution < -0.4 is 10.7 Å². The maximum Gasteiger partial charge on any atom is 0.236 e. The van der Waals surface area contributed by atoms with Gasteiger partial charge in [-0.3, -0.25) is 4.79 Å². The Morgan fingerprint density at radius 2 is 1.90 bits per heavy atom. The molecule has 1 aliphatic rings. The molecule has 6 nitrogen and oxygen atoms in total. The van der Waals surface area contributed by atoms with Crippen molar-refractivity contribution in [2.75, 3.05) is 12.0 Å². The van der Waals surface area contributed by atoms with Crippen LogP contribution >= 0.6 is 23.4 Å². The van der Waals surface area contributed by atoms with E-state index in [2.05, 4.69) is 34.8 Å². The number of benzene rings is 2. The van der Waals surface area contributed by atoms with Gasteiger partial charge in [0.25, 0.3) is 0 Å². The summed E-state index contributed by atoms with van der Waals surface area (Å²) in [5.74, 6) is 1.07. The maximum atomic E-state index is 13.0. The van der Waals surface area contributed by atoms with Crippen molar-refractivity contribution in [3.05, 3.63) is 65.2 Å². The second-order valence-corrected chi connectivity index (χ2v) is 8.89. The van der Waals surface area contributed by atoms with E-state index in [9.17, 15) is 4.79 Å². The first-order valence-corrected chi connectivity index (χ1v) is 10.8. The molecule has 1 aromatic heterocycles. The Labute approximate surface area is 179 Å². The summed E-state index contributed by atoms with van der Waals surface area (Å²) in [6.45, 7) is 4.78. The monoisotopic (exact) mass is 427 g/mol. The van der Waals surface area contributed by atoms with Crippen molar-refractivity contribution in [2.24, 2.45) is 5.92 Å². The molecule has 0 saturated carbocycles. The van der Waals surface area contributed by atoms with Gasteiger partial charge in [-0.15, -0.1) is 10.2 Å². The second kappa shape index (κ2) is 8.47. The van der Waals surface area contributed by atoms with Gasteiger partial charge < -0.3 is 10.7 Å². The first-order chi connectivity index (χ1) is 14.0. The normalized spacial score (nSPS) is 18.2. The molecule has 1 amide bonds. The molecule has 0 radical (unpaired) electrons. The fourth-order valence-corrected chi connectivity index (χ4v) is 4.39. The molecule has 8 heteroatoms. The molecule has 0 aliphatic carbocycles. The molecule has 2 atom stereocenters. The van der Waals surface area contributed by atoms with Gasteiger partial charge in [-0.1, -0.05) is 79.7 Å². The molecule has 2 N–H and O–H groups in total. The van der Waals surface area contributed by atoms with E-state index in [1.165, 1.54) is 11.8 Å². The lowest BCUT2D eigenvalue weighted by Gasteiger charge is -2.33. The Kier molecular flexibility index (Phi) is 5.78. The molecule has 0 bridgehead atoms. The van der Waals surface area contributed by atoms with E-state index < -0.39 is 0 Å². The summed E-state index contributed by atoms with van der Waals surface area (Å²) in [7, 11) is 0. The van der Waals surface area contributed by atoms with Gasteiger partial charge in [0.05, 0.1) is 6.04 Å². The van der Waals surface area contributed by atoms with Crippen LogP contribution in [0.3, 0.4) is 0 Å². The molecule has 29 heavy (non-hydrogen) atoms. The number of nitrogens with zero attached hydrogens (tertiary/aromatic N) is 3. The van der Waals surface area contributed by atoms with E-state index >= 15 is 0 Å². The maximum absolute atomic E-state index is 13.0. The third-order valence-corrected chi connectivity index (χ3v) is 6.11. The van der Waals surface area contributed by atoms with Crippen molar-refractivity contribution in [1.29, 1.82) is 0 Å². The van der Waals surface area contributed by atoms with E-state index in [4.69, 9.17) is 11.6 Å². The minimum absolute atomic E-state index is 0.0216. The lowest BCUT2D eigenvalue weighted by Crippen LogP contribution is -2.44. The lowest BCUT2D eigenvalue weighted by molar-refractivity contribution is -0.121. The SMILES string of the molecule is CC(C)CNC(=O)[C@H]1Sc2nnc(-c3ccccc3)n2N[C@H]1c1ccc(Cl)cc1. The van der Waals surface area contributed by atoms with Crippen molar-refractivity contribution in [3.8, 4) is 11.4 Å². The second-order valence-electron chi connectivity index (χ2n) is 7.34. The number of fused-ring (bicyclic) bond motifs is 1. The molecule has 0 fully saturated rings. The number of carbonyl (C=O) groups is 1. The Hall–Kier alpha value is -2.51. The third-order valence-electron chi connectivity index (χ3n) is 4.64. The van der Waals surface area contributed by atoms with Gasteiger partial charge in [-0.05, 0) is 23.6 Å². The van der Waals surface area contributed by atoms with Gasteiger partial charge >= 0.3 is 0 Å². The quantitative estimate of drug-likeness (QED) is 0.640. The van der Waals surface area contributed by atoms with E-state index in [0.717, 1.165) is 11.1 Å². The zero-order valence-corrected chi connectivity index (χ0v) is 17.7. The van der Waals surface area contributed by atoms with Crippen LogP contribution in [-0.4, -0.2) is 32.6 Å². The molecular formula is C21H22ClN5OS. The number of hydrogen-bond acceptors (Lipinski definition) is 5. The Bertz CT molecular complexity index is 990. The number of aromatic nitrogens is 3. The van der Waals surface area contributed by atoms with Crippen molar-refractivity contribution >= 4 is 29.3 Å². The average molecular weight is 428 g/mol. The smallest absolute Gasteiger partial charge is 0.236 e. The van der Waals surface area contributed by atoms with Gasteiger partial charge in [-0.2, -0.15) is 0 Å². The number of halogens is 1. The van der Waals surface area contributed by atoms with Crippen molar-refractivity contribution < 1.29 is 4.79 Å². The average Bonchev–Trinajstić information content (AvgIpc) is 3.15. The largest absolute Gasteiger partial charge is 0.355 e. The van der Waals surface area contributed by atoms with Gasteiger partial charge in [0.15, 0.2) is 5.82 Å². The van der Waals surface area contributed by atoms with E-state index in [0.29, 0.717) is 28.5 Å². The first-order valence-electron chi connectivity index (χ1n) is 9.50. The minimum Gasteiger partial charge on any atom is -0.355 e. The van der Waals surface area contributed by atoms with Crippen molar-refractivity contribution in [3.63, 3.8) is 0 Å². The fraction of sp³-hybridized carbons (Fsp3) is 0.286. The molecule has 0 saturated heterocycles. The highest BCUT2D eigenvalue weighted by atomic mass is 35.5. The zero-order chi connectivity index (χ0) is 20.4. The molecule has 150 valence electrons. The summed E-state index contributed by atoms with van der Waals surface area (Å²) in [6, 6.07) is 17.2. The highest BCUT2D eigenvalue weighted by Crippen LogP contribution is 2.38. The standard InChI is InChI=1S/C21H22ClN5OS/c1-13(2)12-23-20(28)18-17(14-8-10-16(22)11-9-14)26-27-19(24-25-21(27)29-18)15-6-4-3-5-7-15/h3-11,13,17-18,26H,12H2,1-2H3,(H,23,28)/t17-,18-/m0/s1. The van der Waals surface area contributed by atoms with Gasteiger partial charge in [0, 0.05) is 17.1 Å². The van der Waals surface area contributed by atoms with Crippen LogP contribution in [0.5, 0.6) is 0 Å². The zero-order valence-electron chi connectivity index (χ0n) is 16.2. The van der Waals surface area contributed by atoms with Crippen molar-refractivity contribution in [2.45, 2.75) is 30.3 Å². The summed E-state index contributed by atoms with van der Waals surface area (Å²) >= 11 is 7.49. The van der Waals surface area contributed by atoms with Crippen LogP contribution in [-0.2, 0) is 4.79 Å². The highest BCUT2D eigenvalue weighted by Gasteiger charge is 2.37. The predicted molar refractivity (Wildman–Crippen MR) is 117 cm³/mol. The van der Waals surface area contributed by atoms with Crippen LogP contribution in [0.15, 0.2) is 59.8 Å². The summed E-state index contributed by atoms with van der Waals surface area (Å²) in [5, 5.41) is 12.7. The summed E-state index contributed by atoms with van der Waals surface area (Å²) in [4.78, 5) is 13.0. The van der Waals surface area contributed by atoms with Crippen LogP contribution in [0.4, 0.5) is 0 Å². The molecule has 2 heterocycles. The predicted octanol–water partition coefficient (Wildman–Crippen LogP) is 4.13. The van der Waals surface area contributed by atoms with Gasteiger partial charge in [0.1, 0.15) is 5.25 Å². The van der Waals surface area contributed by atoms with Crippen LogP contribution in [0, 0.1) is 5.92 Å². The topological polar surface area (TPSA) is 71.8 Å². The summed E-state index contributed by atoms with van der Waals surface area (Å²) in [5.41, 5.74) is 5.40. The van der Waals surface area contributed by atoms with Crippen LogP contribution in [0.2, 0.25) is 5.02 Å². The molecule has 2 aromatic carbocycles. The number of thioether (sulfide) groups is 1. The minimum atomic E-state index is -0.379. The Morgan fingerprint density at radius 3 is 2.59 bits per heavy atom. The first kappa shape index (κ1) is 19.8. The number of hydrogen-bond donors (Lipinski definition) is 2. The number of carbonyl (C=O) groups excluding carboxylic acids is 1. The third kappa shape index (κ3) is 4.26. The summed E-state index contributed by atoms with van der Waals surface area (Å²) < 4.78 is 1.87. The van der Waals surface area contributed by atoms with E-state index in [1.54, 1.807) is 0 Å². The van der Waals surface area contributed by atoms with E-state index in [1.807, 2.05) is 59.3 Å². The van der Waals surface area contributed by atoms with Gasteiger partial charge in [0.2, 0.25) is 11.1 Å². The molecule has 0 unspecified atom stereocenters. The Morgan fingerprint density at radius 1 is 1.17 bits per heavy atom. The number of nitrogens with one attached hydrogen (secondary N) is 2. The number of amides is 1. The van der Waals surface area contributed by atoms with Gasteiger partial charge in [-0.25, -0.2) is 4.68 Å². The molecule has 3 aromatic rings. The van der Waals surface area contributed by atoms with Crippen molar-refractivity contribution in [1.82, 2.24) is 20.2 Å². The fourth-order valence-electron chi connectivity index (χ4n) is 3.15. The van der Waals surface area contributed by atoms with Crippen LogP contribution in [0.1, 0.15) is 25.5 Å². The Balaban J connectivity index is 1.70. The molecular weight excluding hydrogens is 406 g/mol. The van der Waals surface area contributed by atoms with E-state index in [-0.39, 0.29) is 17.2 Å². The lowest BCUT2D eigenvalue weighted by atomic mass is 10.0. The molecule has 0 spiro atoms. The molecule has 4 rings (SSSR count). The molecule has 1 aliphatic heterocycles. The van der Waals surface area contributed by atoms with Crippen LogP contribution in [0.25, 0.3) is 11.4 Å². The highest BCUT2D eigenvalue weighted by molar-refractivity contribution is 8.00.